The lowest BCUT2D eigenvalue weighted by Crippen LogP contribution is -2.13. The summed E-state index contributed by atoms with van der Waals surface area (Å²) in [6.45, 7) is 0. The highest BCUT2D eigenvalue weighted by molar-refractivity contribution is 7.98. The van der Waals surface area contributed by atoms with E-state index in [4.69, 9.17) is 0 Å². The van der Waals surface area contributed by atoms with E-state index in [1.165, 1.54) is 11.8 Å². The molecule has 1 saturated carbocycles. The zero-order valence-corrected chi connectivity index (χ0v) is 15.9. The van der Waals surface area contributed by atoms with Crippen molar-refractivity contribution in [3.8, 4) is 11.4 Å². The predicted octanol–water partition coefficient (Wildman–Crippen LogP) is 3.30. The quantitative estimate of drug-likeness (QED) is 0.525. The van der Waals surface area contributed by atoms with Crippen LogP contribution >= 0.6 is 11.8 Å². The Hall–Kier alpha value is -3.20. The van der Waals surface area contributed by atoms with Gasteiger partial charge >= 0.3 is 0 Å². The van der Waals surface area contributed by atoms with Crippen LogP contribution in [0.25, 0.3) is 16.9 Å². The first kappa shape index (κ1) is 16.9. The lowest BCUT2D eigenvalue weighted by atomic mass is 10.2. The molecule has 0 atom stereocenters. The topological polar surface area (TPSA) is 90.0 Å². The molecule has 0 spiro atoms. The Morgan fingerprint density at radius 2 is 2.11 bits per heavy atom. The molecule has 1 aromatic carbocycles. The Morgan fingerprint density at radius 3 is 2.93 bits per heavy atom. The molecule has 0 radical (unpaired) electrons. The second-order valence-corrected chi connectivity index (χ2v) is 7.39. The molecule has 1 N–H and O–H groups in total. The van der Waals surface area contributed by atoms with Gasteiger partial charge in [-0.15, -0.1) is 5.10 Å². The van der Waals surface area contributed by atoms with Crippen molar-refractivity contribution in [2.24, 2.45) is 0 Å². The van der Waals surface area contributed by atoms with Crippen LogP contribution in [0.3, 0.4) is 0 Å². The second-order valence-electron chi connectivity index (χ2n) is 6.62. The molecular formula is C19H17N7OS. The SMILES string of the molecule is CSc1nc(C(=O)Nc2cccc(-c3nnnn3C3CC3)c2)c2ccccn12. The Labute approximate surface area is 165 Å². The maximum absolute atomic E-state index is 12.9. The Morgan fingerprint density at radius 1 is 1.21 bits per heavy atom. The van der Waals surface area contributed by atoms with E-state index >= 15 is 0 Å². The number of nitrogens with one attached hydrogen (secondary N) is 1. The Balaban J connectivity index is 1.45. The number of carbonyl (C=O) groups is 1. The first-order valence-electron chi connectivity index (χ1n) is 8.95. The lowest BCUT2D eigenvalue weighted by molar-refractivity contribution is 0.102. The molecule has 0 bridgehead atoms. The summed E-state index contributed by atoms with van der Waals surface area (Å²) in [5.41, 5.74) is 2.72. The number of aromatic nitrogens is 6. The fourth-order valence-corrected chi connectivity index (χ4v) is 3.73. The maximum atomic E-state index is 12.9. The standard InChI is InChI=1S/C19H17N7OS/c1-28-19-21-16(15-7-2-3-10-25(15)19)18(27)20-13-6-4-5-12(11-13)17-22-23-24-26(17)14-8-9-14/h2-7,10-11,14H,8-9H2,1H3,(H,20,27). The maximum Gasteiger partial charge on any atom is 0.276 e. The number of amides is 1. The van der Waals surface area contributed by atoms with Gasteiger partial charge in [-0.05, 0) is 53.8 Å². The summed E-state index contributed by atoms with van der Waals surface area (Å²) in [4.78, 5) is 17.4. The number of pyridine rings is 1. The van der Waals surface area contributed by atoms with Gasteiger partial charge in [0, 0.05) is 17.4 Å². The Kier molecular flexibility index (Phi) is 4.09. The second kappa shape index (κ2) is 6.75. The third-order valence-corrected chi connectivity index (χ3v) is 5.33. The molecular weight excluding hydrogens is 374 g/mol. The van der Waals surface area contributed by atoms with Crippen molar-refractivity contribution in [1.82, 2.24) is 29.6 Å². The summed E-state index contributed by atoms with van der Waals surface area (Å²) in [5.74, 6) is 0.471. The number of carbonyl (C=O) groups excluding carboxylic acids is 1. The van der Waals surface area contributed by atoms with Gasteiger partial charge in [-0.3, -0.25) is 9.20 Å². The summed E-state index contributed by atoms with van der Waals surface area (Å²) in [7, 11) is 0. The molecule has 8 nitrogen and oxygen atoms in total. The van der Waals surface area contributed by atoms with Crippen LogP contribution in [0.1, 0.15) is 29.4 Å². The van der Waals surface area contributed by atoms with Crippen molar-refractivity contribution in [2.45, 2.75) is 24.0 Å². The first-order valence-corrected chi connectivity index (χ1v) is 10.2. The lowest BCUT2D eigenvalue weighted by Gasteiger charge is -2.07. The molecule has 140 valence electrons. The number of rotatable bonds is 5. The van der Waals surface area contributed by atoms with Gasteiger partial charge in [0.25, 0.3) is 5.91 Å². The largest absolute Gasteiger partial charge is 0.321 e. The molecule has 0 aliphatic heterocycles. The van der Waals surface area contributed by atoms with Crippen LogP contribution in [0.4, 0.5) is 5.69 Å². The highest BCUT2D eigenvalue weighted by Crippen LogP contribution is 2.36. The average Bonchev–Trinajstić information content (AvgIpc) is 3.32. The summed E-state index contributed by atoms with van der Waals surface area (Å²) in [6, 6.07) is 13.6. The predicted molar refractivity (Wildman–Crippen MR) is 106 cm³/mol. The highest BCUT2D eigenvalue weighted by Gasteiger charge is 2.28. The molecule has 1 amide bonds. The number of thioether (sulfide) groups is 1. The zero-order valence-electron chi connectivity index (χ0n) is 15.1. The van der Waals surface area contributed by atoms with Gasteiger partial charge < -0.3 is 5.32 Å². The molecule has 0 saturated heterocycles. The van der Waals surface area contributed by atoms with E-state index in [-0.39, 0.29) is 5.91 Å². The van der Waals surface area contributed by atoms with E-state index in [1.807, 2.05) is 64.0 Å². The molecule has 1 aliphatic rings. The van der Waals surface area contributed by atoms with Gasteiger partial charge in [0.1, 0.15) is 0 Å². The minimum Gasteiger partial charge on any atom is -0.321 e. The molecule has 1 aliphatic carbocycles. The van der Waals surface area contributed by atoms with E-state index in [0.29, 0.717) is 17.4 Å². The van der Waals surface area contributed by atoms with Crippen LogP contribution in [0.2, 0.25) is 0 Å². The smallest absolute Gasteiger partial charge is 0.276 e. The van der Waals surface area contributed by atoms with E-state index in [0.717, 1.165) is 34.9 Å². The van der Waals surface area contributed by atoms with Crippen molar-refractivity contribution in [3.05, 3.63) is 54.4 Å². The van der Waals surface area contributed by atoms with Crippen molar-refractivity contribution < 1.29 is 4.79 Å². The highest BCUT2D eigenvalue weighted by atomic mass is 32.2. The fourth-order valence-electron chi connectivity index (χ4n) is 3.20. The minimum atomic E-state index is -0.247. The van der Waals surface area contributed by atoms with Gasteiger partial charge in [-0.2, -0.15) is 0 Å². The Bertz CT molecular complexity index is 1180. The van der Waals surface area contributed by atoms with Crippen LogP contribution in [0.15, 0.2) is 53.8 Å². The monoisotopic (exact) mass is 391 g/mol. The van der Waals surface area contributed by atoms with Crippen LogP contribution < -0.4 is 5.32 Å². The summed E-state index contributed by atoms with van der Waals surface area (Å²) < 4.78 is 3.77. The number of tetrazole rings is 1. The molecule has 5 rings (SSSR count). The summed E-state index contributed by atoms with van der Waals surface area (Å²) in [6.07, 6.45) is 6.04. The van der Waals surface area contributed by atoms with Crippen LogP contribution in [0, 0.1) is 0 Å². The minimum absolute atomic E-state index is 0.247. The average molecular weight is 391 g/mol. The number of anilines is 1. The molecule has 28 heavy (non-hydrogen) atoms. The van der Waals surface area contributed by atoms with Gasteiger partial charge in [-0.25, -0.2) is 9.67 Å². The van der Waals surface area contributed by atoms with Crippen molar-refractivity contribution >= 4 is 28.9 Å². The molecule has 0 unspecified atom stereocenters. The summed E-state index contributed by atoms with van der Waals surface area (Å²) >= 11 is 1.50. The number of hydrogen-bond donors (Lipinski definition) is 1. The first-order chi connectivity index (χ1) is 13.7. The number of nitrogens with zero attached hydrogens (tertiary/aromatic N) is 6. The third kappa shape index (κ3) is 2.93. The molecule has 3 heterocycles. The van der Waals surface area contributed by atoms with Crippen molar-refractivity contribution in [3.63, 3.8) is 0 Å². The number of hydrogen-bond acceptors (Lipinski definition) is 6. The molecule has 9 heteroatoms. The molecule has 3 aromatic heterocycles. The van der Waals surface area contributed by atoms with E-state index in [9.17, 15) is 4.79 Å². The van der Waals surface area contributed by atoms with Gasteiger partial charge in [0.2, 0.25) is 0 Å². The van der Waals surface area contributed by atoms with Crippen LogP contribution in [-0.4, -0.2) is 41.8 Å². The van der Waals surface area contributed by atoms with Crippen LogP contribution in [-0.2, 0) is 0 Å². The van der Waals surface area contributed by atoms with E-state index in [1.54, 1.807) is 0 Å². The normalized spacial score (nSPS) is 13.8. The van der Waals surface area contributed by atoms with E-state index < -0.39 is 0 Å². The molecule has 4 aromatic rings. The fraction of sp³-hybridized carbons (Fsp3) is 0.211. The number of benzene rings is 1. The zero-order chi connectivity index (χ0) is 19.1. The van der Waals surface area contributed by atoms with Crippen molar-refractivity contribution in [1.29, 1.82) is 0 Å². The van der Waals surface area contributed by atoms with E-state index in [2.05, 4.69) is 25.8 Å². The molecule has 1 fully saturated rings. The number of fused-ring (bicyclic) bond motifs is 1. The number of imidazole rings is 1. The summed E-state index contributed by atoms with van der Waals surface area (Å²) in [5, 5.41) is 15.8. The van der Waals surface area contributed by atoms with Crippen LogP contribution in [0.5, 0.6) is 0 Å². The van der Waals surface area contributed by atoms with Crippen molar-refractivity contribution in [2.75, 3.05) is 11.6 Å². The van der Waals surface area contributed by atoms with Gasteiger partial charge in [0.15, 0.2) is 16.7 Å². The van der Waals surface area contributed by atoms with Gasteiger partial charge in [0.05, 0.1) is 11.6 Å². The third-order valence-electron chi connectivity index (χ3n) is 4.68. The van der Waals surface area contributed by atoms with Gasteiger partial charge in [-0.1, -0.05) is 30.0 Å².